The lowest BCUT2D eigenvalue weighted by atomic mass is 10.4. The van der Waals surface area contributed by atoms with Crippen LogP contribution in [0.15, 0.2) is 45.8 Å². The highest BCUT2D eigenvalue weighted by molar-refractivity contribution is 9.11. The molecule has 1 rings (SSSR count). The summed E-state index contributed by atoms with van der Waals surface area (Å²) in [6.45, 7) is 5.46. The van der Waals surface area contributed by atoms with Gasteiger partial charge in [-0.25, -0.2) is 4.79 Å². The lowest BCUT2D eigenvalue weighted by molar-refractivity contribution is -0.138. The van der Waals surface area contributed by atoms with Gasteiger partial charge in [0.2, 0.25) is 0 Å². The van der Waals surface area contributed by atoms with Crippen LogP contribution in [0.4, 0.5) is 0 Å². The van der Waals surface area contributed by atoms with E-state index in [1.807, 2.05) is 24.3 Å². The summed E-state index contributed by atoms with van der Waals surface area (Å²) >= 11 is 8.51. The molecule has 1 atom stereocenters. The first kappa shape index (κ1) is 14.8. The Balaban J connectivity index is 2.45. The second-order valence-corrected chi connectivity index (χ2v) is 7.15. The molecular formula is C12H12Br2O2S. The Morgan fingerprint density at radius 3 is 2.76 bits per heavy atom. The minimum atomic E-state index is -0.359. The maximum atomic E-state index is 11.2. The van der Waals surface area contributed by atoms with Crippen molar-refractivity contribution in [3.8, 4) is 0 Å². The molecule has 0 radical (unpaired) electrons. The molecule has 5 heteroatoms. The first-order chi connectivity index (χ1) is 8.00. The van der Waals surface area contributed by atoms with Crippen molar-refractivity contribution in [1.29, 1.82) is 0 Å². The minimum Gasteiger partial charge on any atom is -0.460 e. The van der Waals surface area contributed by atoms with Gasteiger partial charge >= 0.3 is 5.97 Å². The molecule has 0 heterocycles. The summed E-state index contributed by atoms with van der Waals surface area (Å²) in [5.74, 6) is -0.359. The van der Waals surface area contributed by atoms with Gasteiger partial charge < -0.3 is 4.74 Å². The average Bonchev–Trinajstić information content (AvgIpc) is 2.29. The molecule has 92 valence electrons. The van der Waals surface area contributed by atoms with Crippen LogP contribution < -0.4 is 0 Å². The minimum absolute atomic E-state index is 0.0181. The fourth-order valence-electron chi connectivity index (χ4n) is 0.977. The van der Waals surface area contributed by atoms with Crippen molar-refractivity contribution >= 4 is 49.6 Å². The van der Waals surface area contributed by atoms with Gasteiger partial charge in [0.25, 0.3) is 0 Å². The largest absolute Gasteiger partial charge is 0.460 e. The number of alkyl halides is 1. The zero-order valence-corrected chi connectivity index (χ0v) is 13.3. The molecule has 0 amide bonds. The molecule has 0 fully saturated rings. The van der Waals surface area contributed by atoms with Gasteiger partial charge in [-0.2, -0.15) is 0 Å². The molecule has 17 heavy (non-hydrogen) atoms. The van der Waals surface area contributed by atoms with Crippen LogP contribution in [0.1, 0.15) is 6.92 Å². The zero-order valence-electron chi connectivity index (χ0n) is 9.28. The van der Waals surface area contributed by atoms with E-state index in [2.05, 4.69) is 38.4 Å². The predicted octanol–water partition coefficient (Wildman–Crippen LogP) is 4.38. The molecule has 0 saturated heterocycles. The fourth-order valence-corrected chi connectivity index (χ4v) is 3.03. The Kier molecular flexibility index (Phi) is 6.30. The molecule has 0 N–H and O–H groups in total. The van der Waals surface area contributed by atoms with Crippen LogP contribution in [0.25, 0.3) is 0 Å². The topological polar surface area (TPSA) is 26.3 Å². The van der Waals surface area contributed by atoms with Crippen LogP contribution in [0.5, 0.6) is 0 Å². The van der Waals surface area contributed by atoms with E-state index in [1.165, 1.54) is 0 Å². The number of halogens is 2. The molecule has 0 aromatic heterocycles. The number of hydrogen-bond acceptors (Lipinski definition) is 3. The summed E-state index contributed by atoms with van der Waals surface area (Å²) in [6, 6.07) is 7.90. The highest BCUT2D eigenvalue weighted by Gasteiger charge is 2.11. The molecule has 2 nitrogen and oxygen atoms in total. The Hall–Kier alpha value is -0.260. The summed E-state index contributed by atoms with van der Waals surface area (Å²) in [4.78, 5) is 12.3. The number of thioether (sulfide) groups is 1. The quantitative estimate of drug-likeness (QED) is 0.328. The van der Waals surface area contributed by atoms with Gasteiger partial charge in [0, 0.05) is 14.9 Å². The van der Waals surface area contributed by atoms with Crippen molar-refractivity contribution in [1.82, 2.24) is 0 Å². The number of carbonyl (C=O) groups is 1. The zero-order chi connectivity index (χ0) is 12.8. The standard InChI is InChI=1S/C12H12Br2O2S/c1-8(2)12(15)16-7-11(14)17-10-6-4-3-5-9(10)13/h3-6,11H,1,7H2,2H3. The van der Waals surface area contributed by atoms with E-state index in [1.54, 1.807) is 18.7 Å². The first-order valence-corrected chi connectivity index (χ1v) is 7.47. The monoisotopic (exact) mass is 378 g/mol. The van der Waals surface area contributed by atoms with Crippen molar-refractivity contribution in [3.05, 3.63) is 40.9 Å². The third-order valence-electron chi connectivity index (χ3n) is 1.79. The van der Waals surface area contributed by atoms with Crippen molar-refractivity contribution in [2.45, 2.75) is 16.0 Å². The molecular weight excluding hydrogens is 368 g/mol. The van der Waals surface area contributed by atoms with E-state index in [4.69, 9.17) is 4.74 Å². The Morgan fingerprint density at radius 2 is 2.18 bits per heavy atom. The first-order valence-electron chi connectivity index (χ1n) is 4.88. The maximum Gasteiger partial charge on any atom is 0.333 e. The normalized spacial score (nSPS) is 11.9. The molecule has 0 bridgehead atoms. The summed E-state index contributed by atoms with van der Waals surface area (Å²) in [5.41, 5.74) is 0.413. The molecule has 0 aliphatic carbocycles. The number of hydrogen-bond donors (Lipinski definition) is 0. The Morgan fingerprint density at radius 1 is 1.53 bits per heavy atom. The second-order valence-electron chi connectivity index (χ2n) is 3.34. The maximum absolute atomic E-state index is 11.2. The van der Waals surface area contributed by atoms with Gasteiger partial charge in [-0.3, -0.25) is 0 Å². The van der Waals surface area contributed by atoms with Gasteiger partial charge in [0.05, 0.1) is 4.16 Å². The van der Waals surface area contributed by atoms with E-state index in [-0.39, 0.29) is 10.1 Å². The SMILES string of the molecule is C=C(C)C(=O)OCC(Br)Sc1ccccc1Br. The lowest BCUT2D eigenvalue weighted by Crippen LogP contribution is -2.11. The van der Waals surface area contributed by atoms with Gasteiger partial charge in [-0.05, 0) is 35.0 Å². The highest BCUT2D eigenvalue weighted by atomic mass is 79.9. The molecule has 0 spiro atoms. The van der Waals surface area contributed by atoms with Crippen molar-refractivity contribution in [2.75, 3.05) is 6.61 Å². The molecule has 1 unspecified atom stereocenters. The van der Waals surface area contributed by atoms with Crippen LogP contribution in [0, 0.1) is 0 Å². The van der Waals surface area contributed by atoms with Crippen LogP contribution >= 0.6 is 43.6 Å². The third-order valence-corrected chi connectivity index (χ3v) is 4.57. The van der Waals surface area contributed by atoms with Crippen molar-refractivity contribution < 1.29 is 9.53 Å². The Labute approximate surface area is 122 Å². The molecule has 1 aromatic rings. The number of ether oxygens (including phenoxy) is 1. The van der Waals surface area contributed by atoms with Gasteiger partial charge in [-0.15, -0.1) is 11.8 Å². The van der Waals surface area contributed by atoms with E-state index in [0.29, 0.717) is 12.2 Å². The van der Waals surface area contributed by atoms with E-state index in [0.717, 1.165) is 9.37 Å². The van der Waals surface area contributed by atoms with Crippen LogP contribution in [0.2, 0.25) is 0 Å². The van der Waals surface area contributed by atoms with E-state index < -0.39 is 0 Å². The van der Waals surface area contributed by atoms with Gasteiger partial charge in [0.15, 0.2) is 0 Å². The number of benzene rings is 1. The van der Waals surface area contributed by atoms with Crippen LogP contribution in [-0.4, -0.2) is 16.7 Å². The van der Waals surface area contributed by atoms with Gasteiger partial charge in [-0.1, -0.05) is 34.6 Å². The predicted molar refractivity (Wildman–Crippen MR) is 78.5 cm³/mol. The average molecular weight is 380 g/mol. The summed E-state index contributed by atoms with van der Waals surface area (Å²) in [5, 5.41) is 0. The Bertz CT molecular complexity index is 421. The number of esters is 1. The summed E-state index contributed by atoms with van der Waals surface area (Å²) < 4.78 is 6.10. The highest BCUT2D eigenvalue weighted by Crippen LogP contribution is 2.33. The lowest BCUT2D eigenvalue weighted by Gasteiger charge is -2.11. The molecule has 0 saturated carbocycles. The third kappa shape index (κ3) is 5.27. The van der Waals surface area contributed by atoms with Gasteiger partial charge in [0.1, 0.15) is 6.61 Å². The van der Waals surface area contributed by atoms with Crippen molar-refractivity contribution in [2.24, 2.45) is 0 Å². The summed E-state index contributed by atoms with van der Waals surface area (Å²) in [7, 11) is 0. The number of carbonyl (C=O) groups excluding carboxylic acids is 1. The van der Waals surface area contributed by atoms with Crippen molar-refractivity contribution in [3.63, 3.8) is 0 Å². The van der Waals surface area contributed by atoms with E-state index in [9.17, 15) is 4.79 Å². The second kappa shape index (κ2) is 7.24. The summed E-state index contributed by atoms with van der Waals surface area (Å²) in [6.07, 6.45) is 0. The molecule has 1 aromatic carbocycles. The number of rotatable bonds is 5. The smallest absolute Gasteiger partial charge is 0.333 e. The van der Waals surface area contributed by atoms with Crippen LogP contribution in [-0.2, 0) is 9.53 Å². The van der Waals surface area contributed by atoms with E-state index >= 15 is 0 Å². The molecule has 0 aliphatic rings. The van der Waals surface area contributed by atoms with Crippen LogP contribution in [0.3, 0.4) is 0 Å². The fraction of sp³-hybridized carbons (Fsp3) is 0.250. The molecule has 0 aliphatic heterocycles.